The smallest absolute Gasteiger partial charge is 0.165 e. The van der Waals surface area contributed by atoms with E-state index in [9.17, 15) is 0 Å². The zero-order valence-corrected chi connectivity index (χ0v) is 12.9. The van der Waals surface area contributed by atoms with Gasteiger partial charge in [-0.05, 0) is 26.5 Å². The fourth-order valence-corrected chi connectivity index (χ4v) is 2.49. The van der Waals surface area contributed by atoms with Crippen molar-refractivity contribution >= 4 is 0 Å². The number of para-hydroxylation sites is 1. The van der Waals surface area contributed by atoms with Gasteiger partial charge >= 0.3 is 0 Å². The topological polar surface area (TPSA) is 39.7 Å². The van der Waals surface area contributed by atoms with Crippen LogP contribution in [-0.4, -0.2) is 38.5 Å². The third-order valence-electron chi connectivity index (χ3n) is 3.32. The molecule has 1 heterocycles. The van der Waals surface area contributed by atoms with Crippen LogP contribution in [0.25, 0.3) is 0 Å². The maximum atomic E-state index is 6.08. The summed E-state index contributed by atoms with van der Waals surface area (Å²) in [5.41, 5.74) is 1.06. The van der Waals surface area contributed by atoms with Gasteiger partial charge in [0.1, 0.15) is 11.7 Å². The molecule has 0 bridgehead atoms. The van der Waals surface area contributed by atoms with Gasteiger partial charge in [0.05, 0.1) is 6.61 Å². The molecule has 4 heteroatoms. The highest BCUT2D eigenvalue weighted by atomic mass is 16.6. The quantitative estimate of drug-likeness (QED) is 0.832. The highest BCUT2D eigenvalue weighted by molar-refractivity contribution is 5.50. The Hall–Kier alpha value is -1.26. The summed E-state index contributed by atoms with van der Waals surface area (Å²) < 4.78 is 17.3. The van der Waals surface area contributed by atoms with Gasteiger partial charge in [-0.2, -0.15) is 0 Å². The van der Waals surface area contributed by atoms with Gasteiger partial charge in [0.15, 0.2) is 11.5 Å². The van der Waals surface area contributed by atoms with E-state index in [2.05, 4.69) is 32.2 Å². The molecule has 0 aromatic heterocycles. The van der Waals surface area contributed by atoms with Gasteiger partial charge in [0, 0.05) is 25.6 Å². The lowest BCUT2D eigenvalue weighted by molar-refractivity contribution is 0.0737. The Morgan fingerprint density at radius 1 is 1.40 bits per heavy atom. The molecule has 1 atom stereocenters. The van der Waals surface area contributed by atoms with Crippen molar-refractivity contribution < 1.29 is 14.2 Å². The van der Waals surface area contributed by atoms with E-state index in [1.807, 2.05) is 12.1 Å². The molecule has 0 saturated carbocycles. The molecule has 1 aliphatic heterocycles. The Balaban J connectivity index is 2.11. The fourth-order valence-electron chi connectivity index (χ4n) is 2.49. The van der Waals surface area contributed by atoms with Crippen LogP contribution in [0.4, 0.5) is 0 Å². The summed E-state index contributed by atoms with van der Waals surface area (Å²) in [4.78, 5) is 0. The average molecular weight is 279 g/mol. The van der Waals surface area contributed by atoms with Gasteiger partial charge in [0.2, 0.25) is 0 Å². The van der Waals surface area contributed by atoms with Crippen molar-refractivity contribution in [3.05, 3.63) is 23.8 Å². The molecule has 1 aromatic rings. The van der Waals surface area contributed by atoms with Gasteiger partial charge in [-0.25, -0.2) is 0 Å². The first-order chi connectivity index (χ1) is 9.55. The maximum Gasteiger partial charge on any atom is 0.165 e. The number of fused-ring (bicyclic) bond motifs is 1. The molecule has 0 saturated heterocycles. The Labute approximate surface area is 121 Å². The van der Waals surface area contributed by atoms with E-state index in [-0.39, 0.29) is 11.7 Å². The SMILES string of the molecule is CCNCC(COC)Oc1cccc2c1OC(C)(C)C2. The third-order valence-corrected chi connectivity index (χ3v) is 3.32. The van der Waals surface area contributed by atoms with Crippen LogP contribution in [0.1, 0.15) is 26.3 Å². The summed E-state index contributed by atoms with van der Waals surface area (Å²) in [5.74, 6) is 1.70. The van der Waals surface area contributed by atoms with Crippen LogP contribution in [0.15, 0.2) is 18.2 Å². The minimum absolute atomic E-state index is 0.0150. The van der Waals surface area contributed by atoms with Crippen LogP contribution in [-0.2, 0) is 11.2 Å². The van der Waals surface area contributed by atoms with Crippen LogP contribution in [0.2, 0.25) is 0 Å². The van der Waals surface area contributed by atoms with E-state index in [0.717, 1.165) is 31.0 Å². The summed E-state index contributed by atoms with van der Waals surface area (Å²) >= 11 is 0. The molecule has 20 heavy (non-hydrogen) atoms. The van der Waals surface area contributed by atoms with E-state index in [1.54, 1.807) is 7.11 Å². The second-order valence-corrected chi connectivity index (χ2v) is 5.79. The van der Waals surface area contributed by atoms with Crippen molar-refractivity contribution in [2.75, 3.05) is 26.8 Å². The van der Waals surface area contributed by atoms with Gasteiger partial charge in [0.25, 0.3) is 0 Å². The lowest BCUT2D eigenvalue weighted by Crippen LogP contribution is -2.35. The van der Waals surface area contributed by atoms with Crippen molar-refractivity contribution in [3.8, 4) is 11.5 Å². The van der Waals surface area contributed by atoms with Gasteiger partial charge in [-0.15, -0.1) is 0 Å². The summed E-state index contributed by atoms with van der Waals surface area (Å²) in [6, 6.07) is 6.09. The molecular formula is C16H25NO3. The Morgan fingerprint density at radius 2 is 2.20 bits per heavy atom. The first-order valence-corrected chi connectivity index (χ1v) is 7.23. The van der Waals surface area contributed by atoms with E-state index in [0.29, 0.717) is 6.61 Å². The highest BCUT2D eigenvalue weighted by Gasteiger charge is 2.32. The zero-order valence-electron chi connectivity index (χ0n) is 12.9. The predicted octanol–water partition coefficient (Wildman–Crippen LogP) is 2.40. The minimum atomic E-state index is -0.153. The Kier molecular flexibility index (Phi) is 4.89. The molecule has 0 amide bonds. The molecule has 0 aliphatic carbocycles. The molecule has 1 N–H and O–H groups in total. The Morgan fingerprint density at radius 3 is 2.90 bits per heavy atom. The van der Waals surface area contributed by atoms with E-state index in [1.165, 1.54) is 5.56 Å². The number of nitrogens with one attached hydrogen (secondary N) is 1. The molecule has 4 nitrogen and oxygen atoms in total. The predicted molar refractivity (Wildman–Crippen MR) is 79.7 cm³/mol. The summed E-state index contributed by atoms with van der Waals surface area (Å²) in [6.45, 7) is 8.51. The van der Waals surface area contributed by atoms with Crippen molar-refractivity contribution in [2.24, 2.45) is 0 Å². The van der Waals surface area contributed by atoms with Crippen LogP contribution in [0, 0.1) is 0 Å². The second-order valence-electron chi connectivity index (χ2n) is 5.79. The van der Waals surface area contributed by atoms with Crippen molar-refractivity contribution in [2.45, 2.75) is 38.9 Å². The van der Waals surface area contributed by atoms with Crippen LogP contribution >= 0.6 is 0 Å². The summed E-state index contributed by atoms with van der Waals surface area (Å²) in [6.07, 6.45) is 0.903. The van der Waals surface area contributed by atoms with E-state index >= 15 is 0 Å². The molecule has 0 radical (unpaired) electrons. The van der Waals surface area contributed by atoms with Gasteiger partial charge < -0.3 is 19.5 Å². The van der Waals surface area contributed by atoms with Gasteiger partial charge in [-0.3, -0.25) is 0 Å². The monoisotopic (exact) mass is 279 g/mol. The molecule has 1 aliphatic rings. The lowest BCUT2D eigenvalue weighted by Gasteiger charge is -2.22. The van der Waals surface area contributed by atoms with Crippen LogP contribution < -0.4 is 14.8 Å². The Bertz CT molecular complexity index is 445. The number of hydrogen-bond donors (Lipinski definition) is 1. The molecule has 2 rings (SSSR count). The zero-order chi connectivity index (χ0) is 14.6. The summed E-state index contributed by atoms with van der Waals surface area (Å²) in [7, 11) is 1.69. The van der Waals surface area contributed by atoms with Crippen molar-refractivity contribution in [3.63, 3.8) is 0 Å². The van der Waals surface area contributed by atoms with Crippen LogP contribution in [0.5, 0.6) is 11.5 Å². The van der Waals surface area contributed by atoms with Crippen LogP contribution in [0.3, 0.4) is 0 Å². The van der Waals surface area contributed by atoms with E-state index < -0.39 is 0 Å². The van der Waals surface area contributed by atoms with Crippen molar-refractivity contribution in [1.29, 1.82) is 0 Å². The highest BCUT2D eigenvalue weighted by Crippen LogP contribution is 2.42. The minimum Gasteiger partial charge on any atom is -0.483 e. The van der Waals surface area contributed by atoms with Gasteiger partial charge in [-0.1, -0.05) is 19.1 Å². The number of likely N-dealkylation sites (N-methyl/N-ethyl adjacent to an activating group) is 1. The second kappa shape index (κ2) is 6.46. The van der Waals surface area contributed by atoms with Crippen molar-refractivity contribution in [1.82, 2.24) is 5.32 Å². The number of hydrogen-bond acceptors (Lipinski definition) is 4. The molecule has 0 fully saturated rings. The molecule has 112 valence electrons. The standard InChI is InChI=1S/C16H25NO3/c1-5-17-10-13(11-18-4)19-14-8-6-7-12-9-16(2,3)20-15(12)14/h6-8,13,17H,5,9-11H2,1-4H3. The number of benzene rings is 1. The lowest BCUT2D eigenvalue weighted by atomic mass is 10.0. The maximum absolute atomic E-state index is 6.08. The number of ether oxygens (including phenoxy) is 3. The van der Waals surface area contributed by atoms with E-state index in [4.69, 9.17) is 14.2 Å². The third kappa shape index (κ3) is 3.64. The average Bonchev–Trinajstić information content (AvgIpc) is 2.71. The number of methoxy groups -OCH3 is 1. The fraction of sp³-hybridized carbons (Fsp3) is 0.625. The molecule has 0 spiro atoms. The molecule has 1 unspecified atom stereocenters. The number of rotatable bonds is 7. The molecule has 1 aromatic carbocycles. The largest absolute Gasteiger partial charge is 0.483 e. The normalized spacial score (nSPS) is 17.4. The summed E-state index contributed by atoms with van der Waals surface area (Å²) in [5, 5.41) is 3.29. The molecular weight excluding hydrogens is 254 g/mol. The first kappa shape index (κ1) is 15.1. The first-order valence-electron chi connectivity index (χ1n) is 7.23.